The van der Waals surface area contributed by atoms with Gasteiger partial charge in [0, 0.05) is 32.4 Å². The predicted molar refractivity (Wildman–Crippen MR) is 73.5 cm³/mol. The van der Waals surface area contributed by atoms with E-state index in [4.69, 9.17) is 18.9 Å². The first-order chi connectivity index (χ1) is 10.5. The number of nitrogens with zero attached hydrogens (tertiary/aromatic N) is 1. The summed E-state index contributed by atoms with van der Waals surface area (Å²) in [7, 11) is 3.22. The van der Waals surface area contributed by atoms with Crippen molar-refractivity contribution in [2.24, 2.45) is 5.92 Å². The van der Waals surface area contributed by atoms with Gasteiger partial charge in [-0.3, -0.25) is 14.3 Å². The molecule has 0 bridgehead atoms. The number of aromatic nitrogens is 2. The first kappa shape index (κ1) is 14.1. The van der Waals surface area contributed by atoms with Crippen molar-refractivity contribution in [3.63, 3.8) is 0 Å². The Labute approximate surface area is 125 Å². The van der Waals surface area contributed by atoms with Gasteiger partial charge in [0.15, 0.2) is 12.0 Å². The maximum absolute atomic E-state index is 12.1. The molecule has 120 valence electrons. The van der Waals surface area contributed by atoms with Gasteiger partial charge in [-0.15, -0.1) is 0 Å². The molecule has 0 amide bonds. The minimum atomic E-state index is -0.626. The number of aromatic amines is 1. The number of hydrogen-bond acceptors (Lipinski definition) is 6. The number of hydrogen-bond donors (Lipinski definition) is 1. The number of H-pyrrole nitrogens is 1. The second-order valence-electron chi connectivity index (χ2n) is 6.24. The molecule has 22 heavy (non-hydrogen) atoms. The fraction of sp³-hybridized carbons (Fsp3) is 0.714. The van der Waals surface area contributed by atoms with E-state index >= 15 is 0 Å². The van der Waals surface area contributed by atoms with Crippen LogP contribution in [0.25, 0.3) is 0 Å². The van der Waals surface area contributed by atoms with Gasteiger partial charge in [-0.25, -0.2) is 4.79 Å². The standard InChI is InChI=1S/C14H18N2O6/c1-7-4-16(12(18)15-10(7)17)11-8-9-13(22-11,6-19-2)5-14(9,20-3)21-8/h4,8-9,11H,5-6H2,1-3H3,(H,15,17,18)/t8?,9?,11-,13?,14?/m1/s1. The zero-order valence-corrected chi connectivity index (χ0v) is 12.6. The van der Waals surface area contributed by atoms with Crippen molar-refractivity contribution in [2.45, 2.75) is 37.1 Å². The molecular weight excluding hydrogens is 292 g/mol. The van der Waals surface area contributed by atoms with Crippen LogP contribution in [0.5, 0.6) is 0 Å². The lowest BCUT2D eigenvalue weighted by Gasteiger charge is -2.64. The highest BCUT2D eigenvalue weighted by Crippen LogP contribution is 2.69. The Kier molecular flexibility index (Phi) is 2.75. The van der Waals surface area contributed by atoms with E-state index < -0.39 is 28.9 Å². The largest absolute Gasteiger partial charge is 0.382 e. The smallest absolute Gasteiger partial charge is 0.330 e. The molecule has 1 N–H and O–H groups in total. The van der Waals surface area contributed by atoms with Crippen LogP contribution in [0.2, 0.25) is 0 Å². The van der Waals surface area contributed by atoms with Crippen LogP contribution in [0, 0.1) is 12.8 Å². The molecule has 1 aliphatic carbocycles. The van der Waals surface area contributed by atoms with Gasteiger partial charge in [-0.1, -0.05) is 0 Å². The molecule has 8 heteroatoms. The van der Waals surface area contributed by atoms with Crippen LogP contribution in [0.3, 0.4) is 0 Å². The molecule has 0 spiro atoms. The average Bonchev–Trinajstić information content (AvgIpc) is 2.57. The van der Waals surface area contributed by atoms with E-state index in [-0.39, 0.29) is 12.0 Å². The van der Waals surface area contributed by atoms with Crippen molar-refractivity contribution in [1.29, 1.82) is 0 Å². The van der Waals surface area contributed by atoms with E-state index in [1.165, 1.54) is 10.8 Å². The van der Waals surface area contributed by atoms with Gasteiger partial charge in [-0.05, 0) is 6.92 Å². The van der Waals surface area contributed by atoms with Gasteiger partial charge < -0.3 is 18.9 Å². The topological polar surface area (TPSA) is 91.8 Å². The summed E-state index contributed by atoms with van der Waals surface area (Å²) < 4.78 is 24.2. The van der Waals surface area contributed by atoms with Crippen LogP contribution < -0.4 is 11.2 Å². The highest BCUT2D eigenvalue weighted by Gasteiger charge is 2.82. The maximum Gasteiger partial charge on any atom is 0.330 e. The second kappa shape index (κ2) is 4.29. The van der Waals surface area contributed by atoms with Gasteiger partial charge in [0.05, 0.1) is 12.5 Å². The minimum Gasteiger partial charge on any atom is -0.382 e. The van der Waals surface area contributed by atoms with Crippen molar-refractivity contribution < 1.29 is 18.9 Å². The van der Waals surface area contributed by atoms with Crippen molar-refractivity contribution in [1.82, 2.24) is 9.55 Å². The lowest BCUT2D eigenvalue weighted by molar-refractivity contribution is -0.441. The molecule has 3 aliphatic rings. The van der Waals surface area contributed by atoms with Gasteiger partial charge in [0.1, 0.15) is 11.7 Å². The Balaban J connectivity index is 1.73. The Bertz CT molecular complexity index is 742. The van der Waals surface area contributed by atoms with Crippen molar-refractivity contribution >= 4 is 0 Å². The fourth-order valence-electron chi connectivity index (χ4n) is 4.10. The third kappa shape index (κ3) is 1.50. The molecule has 0 aromatic carbocycles. The van der Waals surface area contributed by atoms with E-state index in [1.54, 1.807) is 21.1 Å². The maximum atomic E-state index is 12.1. The van der Waals surface area contributed by atoms with E-state index in [1.807, 2.05) is 0 Å². The molecule has 0 radical (unpaired) electrons. The SMILES string of the molecule is COCC12CC3(OC)OC(C13)[C@H](n1cc(C)c(=O)[nH]c1=O)O2. The number of ether oxygens (including phenoxy) is 4. The summed E-state index contributed by atoms with van der Waals surface area (Å²) in [5.74, 6) is -0.604. The van der Waals surface area contributed by atoms with Crippen LogP contribution in [0.4, 0.5) is 0 Å². The van der Waals surface area contributed by atoms with Gasteiger partial charge in [-0.2, -0.15) is 0 Å². The minimum absolute atomic E-state index is 0.0223. The molecule has 2 aliphatic heterocycles. The molecule has 1 saturated carbocycles. The van der Waals surface area contributed by atoms with Gasteiger partial charge in [0.2, 0.25) is 0 Å². The van der Waals surface area contributed by atoms with Crippen molar-refractivity contribution in [3.05, 3.63) is 32.6 Å². The normalized spacial score (nSPS) is 41.7. The molecule has 4 rings (SSSR count). The molecule has 5 atom stereocenters. The van der Waals surface area contributed by atoms with E-state index in [9.17, 15) is 9.59 Å². The summed E-state index contributed by atoms with van der Waals surface area (Å²) >= 11 is 0. The summed E-state index contributed by atoms with van der Waals surface area (Å²) in [4.78, 5) is 25.9. The number of nitrogens with one attached hydrogen (secondary N) is 1. The molecule has 4 unspecified atom stereocenters. The predicted octanol–water partition coefficient (Wildman–Crippen LogP) is -0.480. The second-order valence-corrected chi connectivity index (χ2v) is 6.24. The third-order valence-electron chi connectivity index (χ3n) is 5.04. The molecule has 3 heterocycles. The first-order valence-corrected chi connectivity index (χ1v) is 7.18. The highest BCUT2D eigenvalue weighted by atomic mass is 16.8. The Morgan fingerprint density at radius 2 is 2.18 bits per heavy atom. The van der Waals surface area contributed by atoms with E-state index in [2.05, 4.69) is 4.98 Å². The van der Waals surface area contributed by atoms with Crippen LogP contribution in [0.15, 0.2) is 15.8 Å². The number of methoxy groups -OCH3 is 2. The lowest BCUT2D eigenvalue weighted by atomic mass is 9.59. The molecule has 2 saturated heterocycles. The van der Waals surface area contributed by atoms with Crippen molar-refractivity contribution in [3.8, 4) is 0 Å². The molecular formula is C14H18N2O6. The molecule has 3 fully saturated rings. The third-order valence-corrected chi connectivity index (χ3v) is 5.04. The van der Waals surface area contributed by atoms with Gasteiger partial charge in [0.25, 0.3) is 5.56 Å². The van der Waals surface area contributed by atoms with Crippen molar-refractivity contribution in [2.75, 3.05) is 20.8 Å². The quantitative estimate of drug-likeness (QED) is 0.807. The van der Waals surface area contributed by atoms with E-state index in [0.717, 1.165) is 0 Å². The molecule has 1 aromatic heterocycles. The summed E-state index contributed by atoms with van der Waals surface area (Å²) in [5.41, 5.74) is -0.954. The Morgan fingerprint density at radius 1 is 1.41 bits per heavy atom. The van der Waals surface area contributed by atoms with Gasteiger partial charge >= 0.3 is 5.69 Å². The van der Waals surface area contributed by atoms with Crippen LogP contribution >= 0.6 is 0 Å². The number of rotatable bonds is 4. The zero-order valence-electron chi connectivity index (χ0n) is 12.6. The lowest BCUT2D eigenvalue weighted by Crippen LogP contribution is -2.78. The summed E-state index contributed by atoms with van der Waals surface area (Å²) in [6, 6.07) is 0. The highest BCUT2D eigenvalue weighted by molar-refractivity contribution is 5.24. The monoisotopic (exact) mass is 310 g/mol. The Morgan fingerprint density at radius 3 is 2.86 bits per heavy atom. The summed E-state index contributed by atoms with van der Waals surface area (Å²) in [6.45, 7) is 2.06. The Hall–Kier alpha value is -1.48. The number of aryl methyl sites for hydroxylation is 1. The fourth-order valence-corrected chi connectivity index (χ4v) is 4.10. The molecule has 8 nitrogen and oxygen atoms in total. The average molecular weight is 310 g/mol. The summed E-state index contributed by atoms with van der Waals surface area (Å²) in [6.07, 6.45) is 1.20. The van der Waals surface area contributed by atoms with Crippen LogP contribution in [-0.2, 0) is 18.9 Å². The van der Waals surface area contributed by atoms with Crippen LogP contribution in [-0.4, -0.2) is 47.9 Å². The van der Waals surface area contributed by atoms with Crippen LogP contribution in [0.1, 0.15) is 18.2 Å². The summed E-state index contributed by atoms with van der Waals surface area (Å²) in [5, 5.41) is 0. The molecule has 1 aromatic rings. The zero-order chi connectivity index (χ0) is 15.7. The first-order valence-electron chi connectivity index (χ1n) is 7.18. The van der Waals surface area contributed by atoms with E-state index in [0.29, 0.717) is 18.6 Å².